The molecule has 3 amide bonds. The summed E-state index contributed by atoms with van der Waals surface area (Å²) in [6.07, 6.45) is 0.352. The Balaban J connectivity index is 2.20. The number of alkyl halides is 2. The van der Waals surface area contributed by atoms with E-state index >= 15 is 0 Å². The maximum Gasteiger partial charge on any atom is 0.407 e. The minimum Gasteiger partial charge on any atom is -0.460 e. The van der Waals surface area contributed by atoms with Gasteiger partial charge < -0.3 is 39.6 Å². The third-order valence-electron chi connectivity index (χ3n) is 6.86. The quantitative estimate of drug-likeness (QED) is 0.0729. The first-order valence-corrected chi connectivity index (χ1v) is 15.2. The zero-order valence-corrected chi connectivity index (χ0v) is 26.8. The molecule has 1 aliphatic rings. The summed E-state index contributed by atoms with van der Waals surface area (Å²) >= 11 is 0. The van der Waals surface area contributed by atoms with Crippen LogP contribution < -0.4 is 16.0 Å². The molecule has 0 spiro atoms. The Morgan fingerprint density at radius 1 is 0.841 bits per heavy atom. The van der Waals surface area contributed by atoms with E-state index in [9.17, 15) is 28.0 Å². The van der Waals surface area contributed by atoms with E-state index in [-0.39, 0.29) is 55.4 Å². The number of ether oxygens (including phenoxy) is 5. The number of nitrogens with one attached hydrogen (secondary N) is 3. The maximum atomic E-state index is 13.5. The molecule has 12 nitrogen and oxygen atoms in total. The van der Waals surface area contributed by atoms with Crippen LogP contribution >= 0.6 is 0 Å². The van der Waals surface area contributed by atoms with Crippen molar-refractivity contribution in [1.29, 1.82) is 0 Å². The number of carbonyl (C=O) groups is 4. The van der Waals surface area contributed by atoms with E-state index in [1.54, 1.807) is 0 Å². The minimum absolute atomic E-state index is 0.0396. The van der Waals surface area contributed by atoms with E-state index in [0.29, 0.717) is 32.2 Å². The summed E-state index contributed by atoms with van der Waals surface area (Å²) in [4.78, 5) is 47.3. The van der Waals surface area contributed by atoms with Gasteiger partial charge >= 0.3 is 30.4 Å². The summed E-state index contributed by atoms with van der Waals surface area (Å²) in [6.45, 7) is 12.2. The van der Waals surface area contributed by atoms with Crippen molar-refractivity contribution in [2.45, 2.75) is 98.1 Å². The van der Waals surface area contributed by atoms with Crippen LogP contribution in [0.25, 0.3) is 0 Å². The first-order valence-electron chi connectivity index (χ1n) is 15.2. The number of hydrogen-bond donors (Lipinski definition) is 3. The van der Waals surface area contributed by atoms with Crippen LogP contribution in [0.3, 0.4) is 0 Å². The Labute approximate surface area is 259 Å². The highest BCUT2D eigenvalue weighted by Crippen LogP contribution is 2.45. The van der Waals surface area contributed by atoms with E-state index in [0.717, 1.165) is 25.7 Å². The molecule has 0 heterocycles. The van der Waals surface area contributed by atoms with E-state index in [1.807, 2.05) is 6.92 Å². The van der Waals surface area contributed by atoms with Gasteiger partial charge in [-0.1, -0.05) is 46.6 Å². The van der Waals surface area contributed by atoms with Gasteiger partial charge in [-0.05, 0) is 56.8 Å². The van der Waals surface area contributed by atoms with Gasteiger partial charge in [0.25, 0.3) is 0 Å². The van der Waals surface area contributed by atoms with Crippen molar-refractivity contribution in [3.05, 3.63) is 12.2 Å². The Kier molecular flexibility index (Phi) is 17.0. The number of esters is 1. The second-order valence-electron chi connectivity index (χ2n) is 12.3. The van der Waals surface area contributed by atoms with Gasteiger partial charge in [-0.15, -0.1) is 0 Å². The molecule has 0 aromatic heterocycles. The molecule has 44 heavy (non-hydrogen) atoms. The number of rotatable bonds is 19. The number of amides is 3. The van der Waals surface area contributed by atoms with E-state index < -0.39 is 37.0 Å². The normalized spacial score (nSPS) is 19.3. The fourth-order valence-corrected chi connectivity index (χ4v) is 5.35. The molecule has 0 aliphatic heterocycles. The van der Waals surface area contributed by atoms with Gasteiger partial charge in [-0.25, -0.2) is 19.2 Å². The molecule has 3 N–H and O–H groups in total. The standard InChI is InChI=1S/C30H51F2N3O9/c1-7-44-30(31,32)21-43-27(39)35-23-17-28(4,5)19-29(6,18-23)20-34-26(38)42-15-12-10-8-9-11-14-41-25(37)33-13-16-40-24(36)22(2)3/h23H,2,7-21H2,1,3-6H3,(H,33,37)(H,34,38)(H,35,39). The van der Waals surface area contributed by atoms with Crippen molar-refractivity contribution >= 4 is 24.2 Å². The lowest BCUT2D eigenvalue weighted by atomic mass is 9.62. The van der Waals surface area contributed by atoms with Gasteiger partial charge in [0.1, 0.15) is 6.61 Å². The van der Waals surface area contributed by atoms with Gasteiger partial charge in [0.05, 0.1) is 26.4 Å². The van der Waals surface area contributed by atoms with E-state index in [4.69, 9.17) is 14.2 Å². The summed E-state index contributed by atoms with van der Waals surface area (Å²) in [5.74, 6) is -0.511. The van der Waals surface area contributed by atoms with E-state index in [1.165, 1.54) is 13.8 Å². The number of unbranched alkanes of at least 4 members (excludes halogenated alkanes) is 4. The van der Waals surface area contributed by atoms with Crippen LogP contribution in [0.2, 0.25) is 0 Å². The maximum absolute atomic E-state index is 13.5. The fourth-order valence-electron chi connectivity index (χ4n) is 5.35. The molecule has 1 aliphatic carbocycles. The topological polar surface area (TPSA) is 151 Å². The average Bonchev–Trinajstić information content (AvgIpc) is 2.91. The van der Waals surface area contributed by atoms with E-state index in [2.05, 4.69) is 45.9 Å². The largest absolute Gasteiger partial charge is 0.460 e. The molecular weight excluding hydrogens is 584 g/mol. The minimum atomic E-state index is -3.54. The van der Waals surface area contributed by atoms with Gasteiger partial charge in [0, 0.05) is 18.2 Å². The summed E-state index contributed by atoms with van der Waals surface area (Å²) in [5.41, 5.74) is -0.232. The molecule has 1 saturated carbocycles. The van der Waals surface area contributed by atoms with Crippen LogP contribution in [0.5, 0.6) is 0 Å². The molecular formula is C30H51F2N3O9. The highest BCUT2D eigenvalue weighted by Gasteiger charge is 2.42. The predicted molar refractivity (Wildman–Crippen MR) is 158 cm³/mol. The number of hydrogen-bond acceptors (Lipinski definition) is 9. The van der Waals surface area contributed by atoms with Gasteiger partial charge in [-0.2, -0.15) is 8.78 Å². The third kappa shape index (κ3) is 17.8. The molecule has 0 saturated heterocycles. The van der Waals surface area contributed by atoms with Crippen molar-refractivity contribution in [3.63, 3.8) is 0 Å². The van der Waals surface area contributed by atoms with Crippen molar-refractivity contribution < 1.29 is 51.6 Å². The van der Waals surface area contributed by atoms with Crippen LogP contribution in [0, 0.1) is 10.8 Å². The van der Waals surface area contributed by atoms with Gasteiger partial charge in [0.15, 0.2) is 6.61 Å². The van der Waals surface area contributed by atoms with Crippen molar-refractivity contribution in [3.8, 4) is 0 Å². The third-order valence-corrected chi connectivity index (χ3v) is 6.86. The van der Waals surface area contributed by atoms with Crippen molar-refractivity contribution in [2.75, 3.05) is 46.1 Å². The first-order chi connectivity index (χ1) is 20.6. The molecule has 14 heteroatoms. The highest BCUT2D eigenvalue weighted by molar-refractivity contribution is 5.86. The molecule has 1 rings (SSSR count). The summed E-state index contributed by atoms with van der Waals surface area (Å²) in [5, 5.41) is 7.99. The number of carbonyl (C=O) groups excluding carboxylic acids is 4. The summed E-state index contributed by atoms with van der Waals surface area (Å²) in [6, 6.07) is -0.312. The summed E-state index contributed by atoms with van der Waals surface area (Å²) < 4.78 is 51.1. The lowest BCUT2D eigenvalue weighted by Gasteiger charge is -2.46. The molecule has 2 atom stereocenters. The second kappa shape index (κ2) is 19.3. The highest BCUT2D eigenvalue weighted by atomic mass is 19.3. The average molecular weight is 636 g/mol. The molecule has 2 unspecified atom stereocenters. The Morgan fingerprint density at radius 3 is 2.02 bits per heavy atom. The van der Waals surface area contributed by atoms with Crippen LogP contribution in [0.15, 0.2) is 12.2 Å². The molecule has 254 valence electrons. The zero-order chi connectivity index (χ0) is 33.2. The predicted octanol–water partition coefficient (Wildman–Crippen LogP) is 5.45. The second-order valence-corrected chi connectivity index (χ2v) is 12.3. The molecule has 0 aromatic rings. The molecule has 1 fully saturated rings. The SMILES string of the molecule is C=C(C)C(=O)OCCNC(=O)OCCCCCCCOC(=O)NCC1(C)CC(NC(=O)OCC(F)(F)OCC)CC(C)(C)C1. The van der Waals surface area contributed by atoms with Gasteiger partial charge in [0.2, 0.25) is 0 Å². The van der Waals surface area contributed by atoms with Crippen LogP contribution in [0.4, 0.5) is 23.2 Å². The van der Waals surface area contributed by atoms with Crippen molar-refractivity contribution in [1.82, 2.24) is 16.0 Å². The fraction of sp³-hybridized carbons (Fsp3) is 0.800. The number of halogens is 2. The van der Waals surface area contributed by atoms with Crippen LogP contribution in [-0.4, -0.2) is 82.5 Å². The Bertz CT molecular complexity index is 949. The lowest BCUT2D eigenvalue weighted by molar-refractivity contribution is -0.254. The molecule has 0 bridgehead atoms. The monoisotopic (exact) mass is 635 g/mol. The zero-order valence-electron chi connectivity index (χ0n) is 26.8. The molecule has 0 radical (unpaired) electrons. The summed E-state index contributed by atoms with van der Waals surface area (Å²) in [7, 11) is 0. The van der Waals surface area contributed by atoms with Crippen LogP contribution in [0.1, 0.15) is 86.0 Å². The smallest absolute Gasteiger partial charge is 0.407 e. The Morgan fingerprint density at radius 2 is 1.43 bits per heavy atom. The molecule has 0 aromatic carbocycles. The number of alkyl carbamates (subject to hydrolysis) is 3. The lowest BCUT2D eigenvalue weighted by Crippen LogP contribution is -2.50. The van der Waals surface area contributed by atoms with Crippen molar-refractivity contribution in [2.24, 2.45) is 10.8 Å². The first kappa shape index (κ1) is 38.9. The van der Waals surface area contributed by atoms with Crippen LogP contribution in [-0.2, 0) is 28.5 Å². The van der Waals surface area contributed by atoms with Gasteiger partial charge in [-0.3, -0.25) is 0 Å². The Hall–Kier alpha value is -3.16.